The zero-order chi connectivity index (χ0) is 26.1. The average Bonchev–Trinajstić information content (AvgIpc) is 3.35. The molecule has 0 aliphatic carbocycles. The number of aromatic nitrogens is 1. The molecule has 0 radical (unpaired) electrons. The van der Waals surface area contributed by atoms with Crippen LogP contribution in [-0.2, 0) is 20.7 Å². The summed E-state index contributed by atoms with van der Waals surface area (Å²) in [6.07, 6.45) is 6.11. The number of nitrogens with one attached hydrogen (secondary N) is 3. The van der Waals surface area contributed by atoms with Gasteiger partial charge in [-0.2, -0.15) is 0 Å². The SMILES string of the molecule is COCC(=O)Nc1cc2c(cc1F)C(=Cc1[nH]c3c(c1C)C(=O)N(CCN1CCCCC1)CC3)C(=O)N2. The minimum atomic E-state index is -0.660. The standard InChI is InChI=1S/C27H32FN5O4/c1-16-21(29-20-6-9-33(27(36)25(16)20)11-10-32-7-4-3-5-8-32)13-18-17-12-19(28)23(30-24(34)15-37-2)14-22(17)31-26(18)35/h12-14,29H,3-11,15H2,1-2H3,(H,30,34)(H,31,35). The molecule has 0 saturated carbocycles. The molecule has 3 aliphatic heterocycles. The number of H-pyrrole nitrogens is 1. The van der Waals surface area contributed by atoms with Gasteiger partial charge in [0.1, 0.15) is 12.4 Å². The van der Waals surface area contributed by atoms with Crippen molar-refractivity contribution in [3.63, 3.8) is 0 Å². The third kappa shape index (κ3) is 5.03. The smallest absolute Gasteiger partial charge is 0.256 e. The maximum Gasteiger partial charge on any atom is 0.256 e. The number of benzene rings is 1. The van der Waals surface area contributed by atoms with E-state index in [-0.39, 0.29) is 24.1 Å². The van der Waals surface area contributed by atoms with Crippen molar-refractivity contribution in [2.75, 3.05) is 57.1 Å². The highest BCUT2D eigenvalue weighted by Gasteiger charge is 2.31. The Balaban J connectivity index is 1.37. The second-order valence-corrected chi connectivity index (χ2v) is 9.83. The molecule has 3 N–H and O–H groups in total. The summed E-state index contributed by atoms with van der Waals surface area (Å²) in [5, 5.41) is 5.18. The van der Waals surface area contributed by atoms with E-state index < -0.39 is 11.7 Å². The Morgan fingerprint density at radius 1 is 1.16 bits per heavy atom. The highest BCUT2D eigenvalue weighted by molar-refractivity contribution is 6.35. The lowest BCUT2D eigenvalue weighted by atomic mass is 10.0. The number of carbonyl (C=O) groups excluding carboxylic acids is 3. The van der Waals surface area contributed by atoms with Crippen LogP contribution in [-0.4, -0.2) is 78.9 Å². The molecule has 1 aromatic heterocycles. The molecule has 37 heavy (non-hydrogen) atoms. The van der Waals surface area contributed by atoms with Gasteiger partial charge in [0.05, 0.1) is 22.5 Å². The predicted octanol–water partition coefficient (Wildman–Crippen LogP) is 3.02. The summed E-state index contributed by atoms with van der Waals surface area (Å²) >= 11 is 0. The molecule has 0 unspecified atom stereocenters. The van der Waals surface area contributed by atoms with Crippen molar-refractivity contribution in [3.8, 4) is 0 Å². The van der Waals surface area contributed by atoms with Gasteiger partial charge >= 0.3 is 0 Å². The van der Waals surface area contributed by atoms with E-state index in [1.54, 1.807) is 6.08 Å². The van der Waals surface area contributed by atoms with E-state index in [0.717, 1.165) is 30.9 Å². The molecule has 196 valence electrons. The molecule has 0 atom stereocenters. The first-order valence-electron chi connectivity index (χ1n) is 12.7. The van der Waals surface area contributed by atoms with Gasteiger partial charge in [0.15, 0.2) is 0 Å². The van der Waals surface area contributed by atoms with Crippen LogP contribution in [0.25, 0.3) is 11.6 Å². The van der Waals surface area contributed by atoms with Crippen LogP contribution in [0.2, 0.25) is 0 Å². The monoisotopic (exact) mass is 509 g/mol. The van der Waals surface area contributed by atoms with Crippen LogP contribution in [0.4, 0.5) is 15.8 Å². The number of piperidine rings is 1. The van der Waals surface area contributed by atoms with E-state index in [2.05, 4.69) is 20.5 Å². The minimum Gasteiger partial charge on any atom is -0.375 e. The Morgan fingerprint density at radius 3 is 2.70 bits per heavy atom. The summed E-state index contributed by atoms with van der Waals surface area (Å²) in [4.78, 5) is 45.6. The Hall–Kier alpha value is -3.50. The van der Waals surface area contributed by atoms with E-state index in [1.165, 1.54) is 38.5 Å². The molecule has 4 heterocycles. The molecule has 1 aromatic carbocycles. The van der Waals surface area contributed by atoms with E-state index >= 15 is 0 Å². The lowest BCUT2D eigenvalue weighted by Crippen LogP contribution is -2.43. The van der Waals surface area contributed by atoms with Crippen molar-refractivity contribution < 1.29 is 23.5 Å². The number of carbonyl (C=O) groups is 3. The first-order chi connectivity index (χ1) is 17.9. The first kappa shape index (κ1) is 25.2. The van der Waals surface area contributed by atoms with Crippen LogP contribution < -0.4 is 10.6 Å². The molecule has 3 aliphatic rings. The van der Waals surface area contributed by atoms with Crippen molar-refractivity contribution in [1.29, 1.82) is 0 Å². The molecular weight excluding hydrogens is 477 g/mol. The fraction of sp³-hybridized carbons (Fsp3) is 0.444. The van der Waals surface area contributed by atoms with Crippen LogP contribution in [0.5, 0.6) is 0 Å². The molecule has 5 rings (SSSR count). The van der Waals surface area contributed by atoms with Gasteiger partial charge in [-0.15, -0.1) is 0 Å². The minimum absolute atomic E-state index is 0.00965. The molecule has 2 aromatic rings. The Labute approximate surface area is 215 Å². The highest BCUT2D eigenvalue weighted by Crippen LogP contribution is 2.37. The van der Waals surface area contributed by atoms with Gasteiger partial charge in [-0.05, 0) is 56.6 Å². The molecular formula is C27H32FN5O4. The van der Waals surface area contributed by atoms with Gasteiger partial charge in [-0.3, -0.25) is 14.4 Å². The van der Waals surface area contributed by atoms with E-state index in [1.807, 2.05) is 11.8 Å². The molecule has 0 bridgehead atoms. The number of ether oxygens (including phenoxy) is 1. The van der Waals surface area contributed by atoms with Crippen molar-refractivity contribution in [1.82, 2.24) is 14.8 Å². The highest BCUT2D eigenvalue weighted by atomic mass is 19.1. The number of nitrogens with zero attached hydrogens (tertiary/aromatic N) is 2. The zero-order valence-electron chi connectivity index (χ0n) is 21.2. The van der Waals surface area contributed by atoms with Crippen LogP contribution in [0.15, 0.2) is 12.1 Å². The number of aromatic amines is 1. The number of amides is 3. The van der Waals surface area contributed by atoms with Crippen molar-refractivity contribution in [3.05, 3.63) is 46.0 Å². The van der Waals surface area contributed by atoms with E-state index in [9.17, 15) is 18.8 Å². The number of likely N-dealkylation sites (tertiary alicyclic amines) is 1. The zero-order valence-corrected chi connectivity index (χ0v) is 21.2. The molecule has 0 spiro atoms. The number of hydrogen-bond acceptors (Lipinski definition) is 5. The van der Waals surface area contributed by atoms with Crippen LogP contribution in [0.3, 0.4) is 0 Å². The number of anilines is 2. The summed E-state index contributed by atoms with van der Waals surface area (Å²) in [6, 6.07) is 2.63. The van der Waals surface area contributed by atoms with E-state index in [0.29, 0.717) is 47.6 Å². The topological polar surface area (TPSA) is 107 Å². The third-order valence-electron chi connectivity index (χ3n) is 7.36. The predicted molar refractivity (Wildman–Crippen MR) is 139 cm³/mol. The van der Waals surface area contributed by atoms with Gasteiger partial charge in [0.2, 0.25) is 5.91 Å². The van der Waals surface area contributed by atoms with Crippen LogP contribution >= 0.6 is 0 Å². The summed E-state index contributed by atoms with van der Waals surface area (Å²) in [6.45, 7) is 6.10. The van der Waals surface area contributed by atoms with Crippen molar-refractivity contribution in [2.24, 2.45) is 0 Å². The fourth-order valence-electron chi connectivity index (χ4n) is 5.38. The second-order valence-electron chi connectivity index (χ2n) is 9.83. The van der Waals surface area contributed by atoms with Gasteiger partial charge in [0.25, 0.3) is 11.8 Å². The summed E-state index contributed by atoms with van der Waals surface area (Å²) in [5.41, 5.74) is 4.02. The van der Waals surface area contributed by atoms with Gasteiger partial charge in [-0.25, -0.2) is 4.39 Å². The lowest BCUT2D eigenvalue weighted by Gasteiger charge is -2.32. The second kappa shape index (κ2) is 10.5. The number of rotatable bonds is 7. The fourth-order valence-corrected chi connectivity index (χ4v) is 5.38. The first-order valence-corrected chi connectivity index (χ1v) is 12.7. The van der Waals surface area contributed by atoms with Crippen molar-refractivity contribution >= 4 is 40.7 Å². The molecule has 3 amide bonds. The normalized spacial score (nSPS) is 18.7. The Morgan fingerprint density at radius 2 is 1.95 bits per heavy atom. The number of hydrogen-bond donors (Lipinski definition) is 3. The summed E-state index contributed by atoms with van der Waals surface area (Å²) in [5.74, 6) is -1.53. The number of fused-ring (bicyclic) bond motifs is 2. The lowest BCUT2D eigenvalue weighted by molar-refractivity contribution is -0.119. The van der Waals surface area contributed by atoms with Crippen molar-refractivity contribution in [2.45, 2.75) is 32.6 Å². The number of methoxy groups -OCH3 is 1. The summed E-state index contributed by atoms with van der Waals surface area (Å²) < 4.78 is 19.5. The molecule has 10 heteroatoms. The van der Waals surface area contributed by atoms with Gasteiger partial charge < -0.3 is 30.2 Å². The maximum absolute atomic E-state index is 14.8. The third-order valence-corrected chi connectivity index (χ3v) is 7.36. The quantitative estimate of drug-likeness (QED) is 0.498. The number of halogens is 1. The van der Waals surface area contributed by atoms with E-state index in [4.69, 9.17) is 4.74 Å². The van der Waals surface area contributed by atoms with Gasteiger partial charge in [-0.1, -0.05) is 6.42 Å². The Bertz CT molecular complexity index is 1280. The van der Waals surface area contributed by atoms with Gasteiger partial charge in [0, 0.05) is 50.1 Å². The van der Waals surface area contributed by atoms with Crippen LogP contribution in [0, 0.1) is 12.7 Å². The summed E-state index contributed by atoms with van der Waals surface area (Å²) in [7, 11) is 1.37. The average molecular weight is 510 g/mol. The maximum atomic E-state index is 14.8. The molecule has 1 fully saturated rings. The van der Waals surface area contributed by atoms with Crippen LogP contribution in [0.1, 0.15) is 52.1 Å². The molecule has 1 saturated heterocycles. The largest absolute Gasteiger partial charge is 0.375 e. The Kier molecular flexibility index (Phi) is 7.12. The molecule has 9 nitrogen and oxygen atoms in total.